The lowest BCUT2D eigenvalue weighted by Crippen LogP contribution is -2.65. The number of rotatable bonds is 5. The molecular weight excluding hydrogens is 358 g/mol. The Morgan fingerprint density at radius 2 is 1.55 bits per heavy atom. The Labute approximate surface area is 147 Å². The fraction of sp³-hybridized carbons (Fsp3) is 1.00. The van der Waals surface area contributed by atoms with Gasteiger partial charge in [-0.3, -0.25) is 0 Å². The second kappa shape index (κ2) is 6.83. The first-order chi connectivity index (χ1) is 9.73. The summed E-state index contributed by atoms with van der Waals surface area (Å²) in [6.45, 7) is 21.5. The molecule has 1 aliphatic rings. The van der Waals surface area contributed by atoms with E-state index >= 15 is 0 Å². The largest absolute Gasteiger partial charge is 0.377 e. The molecule has 0 N–H and O–H groups in total. The summed E-state index contributed by atoms with van der Waals surface area (Å²) in [4.78, 5) is 0. The van der Waals surface area contributed by atoms with Crippen LogP contribution in [0, 0.1) is 0 Å². The highest BCUT2D eigenvalue weighted by Crippen LogP contribution is 2.45. The Morgan fingerprint density at radius 1 is 1.09 bits per heavy atom. The average molecular weight is 394 g/mol. The maximum atomic E-state index is 6.73. The Morgan fingerprint density at radius 3 is 1.91 bits per heavy atom. The van der Waals surface area contributed by atoms with Crippen LogP contribution in [0.15, 0.2) is 0 Å². The van der Waals surface area contributed by atoms with Crippen LogP contribution in [0.4, 0.5) is 0 Å². The predicted octanol–water partition coefficient (Wildman–Crippen LogP) is 5.36. The highest BCUT2D eigenvalue weighted by Gasteiger charge is 2.51. The second-order valence-electron chi connectivity index (χ2n) is 9.36. The highest BCUT2D eigenvalue weighted by atomic mass is 79.9. The summed E-state index contributed by atoms with van der Waals surface area (Å²) in [5.74, 6) is 0. The number of hydrogen-bond donors (Lipinski definition) is 0. The first-order valence-electron chi connectivity index (χ1n) is 8.40. The molecule has 0 aromatic heterocycles. The van der Waals surface area contributed by atoms with Gasteiger partial charge in [0.2, 0.25) is 8.32 Å². The number of halogens is 1. The number of alkyl halides is 1. The molecule has 0 unspecified atom stereocenters. The van der Waals surface area contributed by atoms with Gasteiger partial charge in [-0.25, -0.2) is 0 Å². The first kappa shape index (κ1) is 20.6. The number of piperidine rings is 1. The van der Waals surface area contributed by atoms with Crippen molar-refractivity contribution in [1.82, 2.24) is 5.06 Å². The number of nitrogens with zero attached hydrogens (tertiary/aromatic N) is 1. The molecule has 0 aromatic rings. The molecule has 132 valence electrons. The van der Waals surface area contributed by atoms with E-state index in [0.29, 0.717) is 6.10 Å². The monoisotopic (exact) mass is 393 g/mol. The first-order valence-corrected chi connectivity index (χ1v) is 12.4. The van der Waals surface area contributed by atoms with E-state index in [4.69, 9.17) is 9.26 Å². The minimum Gasteiger partial charge on any atom is -0.377 e. The van der Waals surface area contributed by atoms with E-state index in [1.807, 2.05) is 0 Å². The van der Waals surface area contributed by atoms with E-state index in [0.717, 1.165) is 24.8 Å². The van der Waals surface area contributed by atoms with E-state index in [1.165, 1.54) is 0 Å². The summed E-state index contributed by atoms with van der Waals surface area (Å²) in [5, 5.41) is 3.41. The van der Waals surface area contributed by atoms with E-state index in [9.17, 15) is 0 Å². The lowest BCUT2D eigenvalue weighted by atomic mass is 9.80. The van der Waals surface area contributed by atoms with Crippen molar-refractivity contribution in [2.75, 3.05) is 11.9 Å². The topological polar surface area (TPSA) is 21.7 Å². The van der Waals surface area contributed by atoms with Gasteiger partial charge in [0.25, 0.3) is 0 Å². The molecule has 1 aliphatic heterocycles. The number of ether oxygens (including phenoxy) is 1. The SMILES string of the molecule is CC1(C)CC(OCCBr)CC(C)(C)N1O[Si](C)(C)C(C)(C)C. The van der Waals surface area contributed by atoms with Gasteiger partial charge in [0.1, 0.15) is 0 Å². The third kappa shape index (κ3) is 4.79. The molecule has 0 bridgehead atoms. The standard InChI is InChI=1S/C17H36BrNO2Si/c1-15(2,3)22(8,9)21-19-16(4,5)12-14(20-11-10-18)13-17(19,6)7/h14H,10-13H2,1-9H3. The third-order valence-electron chi connectivity index (χ3n) is 5.11. The molecule has 1 rings (SSSR count). The maximum absolute atomic E-state index is 6.73. The van der Waals surface area contributed by atoms with Crippen LogP contribution in [0.5, 0.6) is 0 Å². The van der Waals surface area contributed by atoms with Gasteiger partial charge in [0, 0.05) is 16.4 Å². The summed E-state index contributed by atoms with van der Waals surface area (Å²) in [7, 11) is -1.84. The molecule has 3 nitrogen and oxygen atoms in total. The van der Waals surface area contributed by atoms with Crippen LogP contribution in [-0.4, -0.2) is 42.5 Å². The van der Waals surface area contributed by atoms with Crippen molar-refractivity contribution >= 4 is 24.2 Å². The van der Waals surface area contributed by atoms with Crippen LogP contribution in [0.25, 0.3) is 0 Å². The molecule has 1 heterocycles. The lowest BCUT2D eigenvalue weighted by molar-refractivity contribution is -0.247. The molecule has 0 saturated carbocycles. The zero-order valence-corrected chi connectivity index (χ0v) is 18.6. The van der Waals surface area contributed by atoms with E-state index in [2.05, 4.69) is 82.6 Å². The van der Waals surface area contributed by atoms with Crippen molar-refractivity contribution in [1.29, 1.82) is 0 Å². The molecule has 22 heavy (non-hydrogen) atoms. The molecule has 0 radical (unpaired) electrons. The van der Waals surface area contributed by atoms with Crippen molar-refractivity contribution in [2.45, 2.75) is 96.6 Å². The molecule has 5 heteroatoms. The van der Waals surface area contributed by atoms with Crippen molar-refractivity contribution in [3.8, 4) is 0 Å². The third-order valence-corrected chi connectivity index (χ3v) is 9.69. The minimum absolute atomic E-state index is 0.0196. The van der Waals surface area contributed by atoms with E-state index in [-0.39, 0.29) is 16.1 Å². The lowest BCUT2D eigenvalue weighted by Gasteiger charge is -2.57. The second-order valence-corrected chi connectivity index (χ2v) is 14.9. The average Bonchev–Trinajstić information content (AvgIpc) is 2.29. The molecule has 0 spiro atoms. The molecule has 0 atom stereocenters. The summed E-state index contributed by atoms with van der Waals surface area (Å²) in [5.41, 5.74) is -0.0392. The van der Waals surface area contributed by atoms with Crippen LogP contribution in [0.1, 0.15) is 61.3 Å². The Balaban J connectivity index is 2.95. The van der Waals surface area contributed by atoms with Crippen LogP contribution >= 0.6 is 15.9 Å². The van der Waals surface area contributed by atoms with Crippen molar-refractivity contribution in [3.05, 3.63) is 0 Å². The predicted molar refractivity (Wildman–Crippen MR) is 101 cm³/mol. The summed E-state index contributed by atoms with van der Waals surface area (Å²) < 4.78 is 12.8. The molecule has 0 aromatic carbocycles. The van der Waals surface area contributed by atoms with E-state index in [1.54, 1.807) is 0 Å². The Hall–Kier alpha value is 0.577. The maximum Gasteiger partial charge on any atom is 0.220 e. The van der Waals surface area contributed by atoms with Gasteiger partial charge in [0.15, 0.2) is 0 Å². The van der Waals surface area contributed by atoms with Gasteiger partial charge >= 0.3 is 0 Å². The normalized spacial score (nSPS) is 23.7. The van der Waals surface area contributed by atoms with Gasteiger partial charge < -0.3 is 9.26 Å². The van der Waals surface area contributed by atoms with Crippen molar-refractivity contribution in [2.24, 2.45) is 0 Å². The van der Waals surface area contributed by atoms with E-state index < -0.39 is 8.32 Å². The zero-order chi connectivity index (χ0) is 17.4. The van der Waals surface area contributed by atoms with Gasteiger partial charge in [-0.1, -0.05) is 36.7 Å². The fourth-order valence-electron chi connectivity index (χ4n) is 3.11. The van der Waals surface area contributed by atoms with Crippen LogP contribution in [-0.2, 0) is 9.26 Å². The Bertz CT molecular complexity index is 359. The van der Waals surface area contributed by atoms with Gasteiger partial charge in [-0.2, -0.15) is 5.06 Å². The van der Waals surface area contributed by atoms with Crippen LogP contribution < -0.4 is 0 Å². The number of hydroxylamine groups is 2. The molecular formula is C17H36BrNO2Si. The number of hydrogen-bond acceptors (Lipinski definition) is 3. The van der Waals surface area contributed by atoms with Gasteiger partial charge in [-0.05, 0) is 58.7 Å². The summed E-state index contributed by atoms with van der Waals surface area (Å²) >= 11 is 3.45. The molecule has 1 fully saturated rings. The summed E-state index contributed by atoms with van der Waals surface area (Å²) in [6.07, 6.45) is 2.33. The smallest absolute Gasteiger partial charge is 0.220 e. The molecule has 0 amide bonds. The van der Waals surface area contributed by atoms with Gasteiger partial charge in [0.05, 0.1) is 12.7 Å². The quantitative estimate of drug-likeness (QED) is 0.463. The zero-order valence-electron chi connectivity index (χ0n) is 16.0. The summed E-state index contributed by atoms with van der Waals surface area (Å²) in [6, 6.07) is 0. The van der Waals surface area contributed by atoms with Crippen molar-refractivity contribution < 1.29 is 9.26 Å². The Kier molecular flexibility index (Phi) is 6.40. The van der Waals surface area contributed by atoms with Crippen molar-refractivity contribution in [3.63, 3.8) is 0 Å². The highest BCUT2D eigenvalue weighted by molar-refractivity contribution is 9.09. The fourth-order valence-corrected chi connectivity index (χ4v) is 4.52. The molecule has 0 aliphatic carbocycles. The minimum atomic E-state index is -1.84. The van der Waals surface area contributed by atoms with Crippen LogP contribution in [0.3, 0.4) is 0 Å². The molecule has 1 saturated heterocycles. The van der Waals surface area contributed by atoms with Gasteiger partial charge in [-0.15, -0.1) is 0 Å². The van der Waals surface area contributed by atoms with Crippen LogP contribution in [0.2, 0.25) is 18.1 Å².